The molecule has 4 nitrogen and oxygen atoms in total. The predicted molar refractivity (Wildman–Crippen MR) is 82.6 cm³/mol. The van der Waals surface area contributed by atoms with Crippen LogP contribution in [-0.2, 0) is 6.54 Å². The molecule has 0 radical (unpaired) electrons. The van der Waals surface area contributed by atoms with Crippen molar-refractivity contribution in [2.75, 3.05) is 23.9 Å². The van der Waals surface area contributed by atoms with E-state index in [4.69, 9.17) is 0 Å². The van der Waals surface area contributed by atoms with Crippen molar-refractivity contribution in [3.63, 3.8) is 0 Å². The molecule has 1 aliphatic rings. The van der Waals surface area contributed by atoms with Gasteiger partial charge in [-0.3, -0.25) is 4.90 Å². The Balaban J connectivity index is 1.87. The smallest absolute Gasteiger partial charge is 0.222 e. The summed E-state index contributed by atoms with van der Waals surface area (Å²) in [5, 5.41) is 3.21. The van der Waals surface area contributed by atoms with Gasteiger partial charge in [-0.05, 0) is 45.2 Å². The van der Waals surface area contributed by atoms with Gasteiger partial charge in [0.15, 0.2) is 0 Å². The Hall–Kier alpha value is -0.810. The summed E-state index contributed by atoms with van der Waals surface area (Å²) in [7, 11) is 2.21. The summed E-state index contributed by atoms with van der Waals surface area (Å²) in [4.78, 5) is 11.2. The van der Waals surface area contributed by atoms with Gasteiger partial charge in [-0.2, -0.15) is 11.8 Å². The van der Waals surface area contributed by atoms with Crippen LogP contribution >= 0.6 is 11.8 Å². The summed E-state index contributed by atoms with van der Waals surface area (Å²) >= 11 is 2.07. The first-order valence-corrected chi connectivity index (χ1v) is 8.16. The lowest BCUT2D eigenvalue weighted by atomic mass is 10.1. The SMILES string of the molecule is CC(C)Nc1ncc(CN(C)C2CCSCC2)cn1. The normalized spacial score (nSPS) is 17.1. The molecule has 0 amide bonds. The van der Waals surface area contributed by atoms with Gasteiger partial charge in [0.05, 0.1) is 0 Å². The van der Waals surface area contributed by atoms with Crippen LogP contribution in [0.3, 0.4) is 0 Å². The summed E-state index contributed by atoms with van der Waals surface area (Å²) in [6.07, 6.45) is 6.47. The topological polar surface area (TPSA) is 41.1 Å². The summed E-state index contributed by atoms with van der Waals surface area (Å²) in [6.45, 7) is 5.12. The first-order valence-electron chi connectivity index (χ1n) is 7.00. The van der Waals surface area contributed by atoms with Crippen molar-refractivity contribution in [1.29, 1.82) is 0 Å². The summed E-state index contributed by atoms with van der Waals surface area (Å²) in [5.74, 6) is 3.31. The van der Waals surface area contributed by atoms with Crippen molar-refractivity contribution < 1.29 is 0 Å². The fourth-order valence-electron chi connectivity index (χ4n) is 2.31. The van der Waals surface area contributed by atoms with Crippen LogP contribution in [0.4, 0.5) is 5.95 Å². The monoisotopic (exact) mass is 280 g/mol. The molecule has 1 aliphatic heterocycles. The second-order valence-electron chi connectivity index (χ2n) is 5.47. The van der Waals surface area contributed by atoms with Crippen LogP contribution in [0.1, 0.15) is 32.3 Å². The summed E-state index contributed by atoms with van der Waals surface area (Å²) in [6, 6.07) is 1.09. The van der Waals surface area contributed by atoms with Crippen LogP contribution in [0.25, 0.3) is 0 Å². The second-order valence-corrected chi connectivity index (χ2v) is 6.70. The van der Waals surface area contributed by atoms with E-state index in [9.17, 15) is 0 Å². The lowest BCUT2D eigenvalue weighted by Crippen LogP contribution is -2.34. The van der Waals surface area contributed by atoms with Crippen molar-refractivity contribution in [1.82, 2.24) is 14.9 Å². The van der Waals surface area contributed by atoms with Gasteiger partial charge in [0, 0.05) is 36.6 Å². The van der Waals surface area contributed by atoms with Crippen molar-refractivity contribution in [2.45, 2.75) is 45.3 Å². The van der Waals surface area contributed by atoms with Crippen molar-refractivity contribution in [3.8, 4) is 0 Å². The minimum Gasteiger partial charge on any atom is -0.352 e. The lowest BCUT2D eigenvalue weighted by molar-refractivity contribution is 0.221. The molecule has 0 unspecified atom stereocenters. The Morgan fingerprint density at radius 2 is 1.95 bits per heavy atom. The van der Waals surface area contributed by atoms with E-state index < -0.39 is 0 Å². The van der Waals surface area contributed by atoms with Gasteiger partial charge < -0.3 is 5.32 Å². The van der Waals surface area contributed by atoms with Gasteiger partial charge in [-0.15, -0.1) is 0 Å². The van der Waals surface area contributed by atoms with Crippen LogP contribution in [0, 0.1) is 0 Å². The maximum Gasteiger partial charge on any atom is 0.222 e. The molecule has 19 heavy (non-hydrogen) atoms. The maximum atomic E-state index is 4.36. The van der Waals surface area contributed by atoms with E-state index in [1.165, 1.54) is 29.9 Å². The van der Waals surface area contributed by atoms with E-state index in [1.54, 1.807) is 0 Å². The predicted octanol–water partition coefficient (Wildman–Crippen LogP) is 2.62. The molecular formula is C14H24N4S. The van der Waals surface area contributed by atoms with E-state index in [0.29, 0.717) is 6.04 Å². The molecule has 0 atom stereocenters. The maximum absolute atomic E-state index is 4.36. The summed E-state index contributed by atoms with van der Waals surface area (Å²) < 4.78 is 0. The fourth-order valence-corrected chi connectivity index (χ4v) is 3.39. The van der Waals surface area contributed by atoms with Crippen LogP contribution in [0.2, 0.25) is 0 Å². The highest BCUT2D eigenvalue weighted by Crippen LogP contribution is 2.21. The molecule has 0 bridgehead atoms. The van der Waals surface area contributed by atoms with E-state index in [-0.39, 0.29) is 0 Å². The Morgan fingerprint density at radius 1 is 1.32 bits per heavy atom. The molecular weight excluding hydrogens is 256 g/mol. The second kappa shape index (κ2) is 7.10. The largest absolute Gasteiger partial charge is 0.352 e. The molecule has 5 heteroatoms. The molecule has 2 rings (SSSR count). The van der Waals surface area contributed by atoms with E-state index in [2.05, 4.69) is 52.8 Å². The van der Waals surface area contributed by atoms with Crippen LogP contribution in [0.15, 0.2) is 12.4 Å². The third-order valence-corrected chi connectivity index (χ3v) is 4.42. The zero-order valence-electron chi connectivity index (χ0n) is 12.1. The van der Waals surface area contributed by atoms with Gasteiger partial charge >= 0.3 is 0 Å². The number of hydrogen-bond donors (Lipinski definition) is 1. The minimum absolute atomic E-state index is 0.369. The molecule has 1 aromatic heterocycles. The van der Waals surface area contributed by atoms with E-state index in [0.717, 1.165) is 18.5 Å². The number of rotatable bonds is 5. The Labute approximate surface area is 120 Å². The summed E-state index contributed by atoms with van der Waals surface area (Å²) in [5.41, 5.74) is 1.19. The van der Waals surface area contributed by atoms with Crippen molar-refractivity contribution in [3.05, 3.63) is 18.0 Å². The molecule has 1 N–H and O–H groups in total. The standard InChI is InChI=1S/C14H24N4S/c1-11(2)17-14-15-8-12(9-16-14)10-18(3)13-4-6-19-7-5-13/h8-9,11,13H,4-7,10H2,1-3H3,(H,15,16,17). The lowest BCUT2D eigenvalue weighted by Gasteiger charge is -2.30. The zero-order chi connectivity index (χ0) is 13.7. The number of nitrogens with one attached hydrogen (secondary N) is 1. The highest BCUT2D eigenvalue weighted by atomic mass is 32.2. The third kappa shape index (κ3) is 4.66. The third-order valence-electron chi connectivity index (χ3n) is 3.37. The minimum atomic E-state index is 0.369. The number of thioether (sulfide) groups is 1. The first-order chi connectivity index (χ1) is 9.15. The molecule has 0 aliphatic carbocycles. The van der Waals surface area contributed by atoms with Gasteiger partial charge in [0.2, 0.25) is 5.95 Å². The van der Waals surface area contributed by atoms with Gasteiger partial charge in [-0.1, -0.05) is 0 Å². The Bertz CT molecular complexity index is 374. The Morgan fingerprint density at radius 3 is 2.53 bits per heavy atom. The van der Waals surface area contributed by atoms with Crippen molar-refractivity contribution in [2.24, 2.45) is 0 Å². The molecule has 106 valence electrons. The molecule has 0 saturated carbocycles. The first kappa shape index (κ1) is 14.6. The van der Waals surface area contributed by atoms with Gasteiger partial charge in [-0.25, -0.2) is 9.97 Å². The van der Waals surface area contributed by atoms with Crippen molar-refractivity contribution >= 4 is 17.7 Å². The zero-order valence-corrected chi connectivity index (χ0v) is 12.9. The molecule has 0 spiro atoms. The fraction of sp³-hybridized carbons (Fsp3) is 0.714. The molecule has 2 heterocycles. The molecule has 0 aromatic carbocycles. The number of nitrogens with zero attached hydrogens (tertiary/aromatic N) is 3. The van der Waals surface area contributed by atoms with Crippen LogP contribution < -0.4 is 5.32 Å². The Kier molecular flexibility index (Phi) is 5.45. The quantitative estimate of drug-likeness (QED) is 0.898. The van der Waals surface area contributed by atoms with E-state index >= 15 is 0 Å². The number of aromatic nitrogens is 2. The van der Waals surface area contributed by atoms with Gasteiger partial charge in [0.25, 0.3) is 0 Å². The number of hydrogen-bond acceptors (Lipinski definition) is 5. The molecule has 1 aromatic rings. The molecule has 1 saturated heterocycles. The van der Waals surface area contributed by atoms with E-state index in [1.807, 2.05) is 12.4 Å². The highest BCUT2D eigenvalue weighted by Gasteiger charge is 2.18. The average molecular weight is 280 g/mol. The number of anilines is 1. The average Bonchev–Trinajstić information content (AvgIpc) is 2.41. The highest BCUT2D eigenvalue weighted by molar-refractivity contribution is 7.99. The van der Waals surface area contributed by atoms with Crippen LogP contribution in [0.5, 0.6) is 0 Å². The molecule has 1 fully saturated rings. The van der Waals surface area contributed by atoms with Gasteiger partial charge in [0.1, 0.15) is 0 Å². The van der Waals surface area contributed by atoms with Crippen LogP contribution in [-0.4, -0.2) is 45.5 Å².